The zero-order chi connectivity index (χ0) is 12.9. The lowest BCUT2D eigenvalue weighted by atomic mass is 9.97. The molecule has 1 atom stereocenters. The third-order valence-electron chi connectivity index (χ3n) is 3.94. The number of benzene rings is 2. The van der Waals surface area contributed by atoms with Crippen LogP contribution < -0.4 is 0 Å². The SMILES string of the molecule is O=C1c2ccccc2[C@@]2(c3ccccc3)SCCN12. The third kappa shape index (κ3) is 1.31. The van der Waals surface area contributed by atoms with E-state index in [1.807, 2.05) is 53.1 Å². The summed E-state index contributed by atoms with van der Waals surface area (Å²) in [6, 6.07) is 18.4. The second-order valence-electron chi connectivity index (χ2n) is 4.86. The van der Waals surface area contributed by atoms with E-state index in [-0.39, 0.29) is 10.8 Å². The number of amides is 1. The first-order valence-corrected chi connectivity index (χ1v) is 7.43. The molecule has 0 aromatic heterocycles. The van der Waals surface area contributed by atoms with E-state index in [9.17, 15) is 4.79 Å². The van der Waals surface area contributed by atoms with Crippen LogP contribution in [0, 0.1) is 0 Å². The molecule has 94 valence electrons. The normalized spacial score (nSPS) is 24.4. The molecule has 2 aromatic rings. The summed E-state index contributed by atoms with van der Waals surface area (Å²) >= 11 is 1.87. The van der Waals surface area contributed by atoms with Crippen molar-refractivity contribution in [3.05, 3.63) is 71.3 Å². The van der Waals surface area contributed by atoms with Crippen LogP contribution in [0.4, 0.5) is 0 Å². The minimum atomic E-state index is -0.297. The van der Waals surface area contributed by atoms with Gasteiger partial charge in [0.05, 0.1) is 0 Å². The molecular weight excluding hydrogens is 254 g/mol. The molecular formula is C16H13NOS. The molecule has 1 saturated heterocycles. The molecule has 4 rings (SSSR count). The lowest BCUT2D eigenvalue weighted by molar-refractivity contribution is 0.0752. The lowest BCUT2D eigenvalue weighted by Crippen LogP contribution is -2.37. The molecule has 3 heteroatoms. The minimum absolute atomic E-state index is 0.171. The van der Waals surface area contributed by atoms with Crippen LogP contribution in [-0.4, -0.2) is 23.1 Å². The maximum atomic E-state index is 12.6. The van der Waals surface area contributed by atoms with Crippen LogP contribution in [0.25, 0.3) is 0 Å². The summed E-state index contributed by atoms with van der Waals surface area (Å²) in [5.74, 6) is 1.17. The van der Waals surface area contributed by atoms with E-state index in [0.29, 0.717) is 0 Å². The quantitative estimate of drug-likeness (QED) is 0.791. The summed E-state index contributed by atoms with van der Waals surface area (Å²) in [5.41, 5.74) is 3.21. The van der Waals surface area contributed by atoms with Crippen LogP contribution in [0.15, 0.2) is 54.6 Å². The van der Waals surface area contributed by atoms with Crippen molar-refractivity contribution < 1.29 is 4.79 Å². The molecule has 2 nitrogen and oxygen atoms in total. The second-order valence-corrected chi connectivity index (χ2v) is 6.15. The maximum Gasteiger partial charge on any atom is 0.255 e. The van der Waals surface area contributed by atoms with Gasteiger partial charge in [0.2, 0.25) is 0 Å². The van der Waals surface area contributed by atoms with Gasteiger partial charge >= 0.3 is 0 Å². The minimum Gasteiger partial charge on any atom is -0.315 e. The Morgan fingerprint density at radius 3 is 2.58 bits per heavy atom. The Kier molecular flexibility index (Phi) is 2.27. The number of rotatable bonds is 1. The summed E-state index contributed by atoms with van der Waals surface area (Å²) in [6.45, 7) is 0.826. The summed E-state index contributed by atoms with van der Waals surface area (Å²) in [6.07, 6.45) is 0. The highest BCUT2D eigenvalue weighted by Gasteiger charge is 2.53. The van der Waals surface area contributed by atoms with Crippen LogP contribution in [0.5, 0.6) is 0 Å². The molecule has 2 aliphatic rings. The van der Waals surface area contributed by atoms with Gasteiger partial charge in [-0.1, -0.05) is 48.5 Å². The molecule has 0 aliphatic carbocycles. The molecule has 2 aromatic carbocycles. The van der Waals surface area contributed by atoms with E-state index in [4.69, 9.17) is 0 Å². The van der Waals surface area contributed by atoms with Crippen LogP contribution in [0.2, 0.25) is 0 Å². The van der Waals surface area contributed by atoms with E-state index in [0.717, 1.165) is 23.4 Å². The van der Waals surface area contributed by atoms with Crippen molar-refractivity contribution in [3.63, 3.8) is 0 Å². The fraction of sp³-hybridized carbons (Fsp3) is 0.188. The Morgan fingerprint density at radius 2 is 1.74 bits per heavy atom. The standard InChI is InChI=1S/C16H13NOS/c18-15-13-8-4-5-9-14(13)16(17(15)10-11-19-16)12-6-2-1-3-7-12/h1-9H,10-11H2/t16-/m1/s1. The molecule has 1 fully saturated rings. The molecule has 0 radical (unpaired) electrons. The Labute approximate surface area is 116 Å². The summed E-state index contributed by atoms with van der Waals surface area (Å²) < 4.78 is 0. The average Bonchev–Trinajstić information content (AvgIpc) is 3.01. The van der Waals surface area contributed by atoms with Gasteiger partial charge in [-0.3, -0.25) is 4.79 Å². The Bertz CT molecular complexity index is 655. The third-order valence-corrected chi connectivity index (χ3v) is 5.42. The number of hydrogen-bond acceptors (Lipinski definition) is 2. The molecule has 19 heavy (non-hydrogen) atoms. The van der Waals surface area contributed by atoms with Gasteiger partial charge in [0.15, 0.2) is 0 Å². The van der Waals surface area contributed by atoms with Crippen molar-refractivity contribution in [2.75, 3.05) is 12.3 Å². The predicted octanol–water partition coefficient (Wildman–Crippen LogP) is 3.09. The van der Waals surface area contributed by atoms with E-state index in [1.165, 1.54) is 5.56 Å². The molecule has 0 N–H and O–H groups in total. The summed E-state index contributed by atoms with van der Waals surface area (Å²) in [5, 5.41) is 0. The van der Waals surface area contributed by atoms with Gasteiger partial charge in [-0.05, 0) is 11.6 Å². The number of carbonyl (C=O) groups excluding carboxylic acids is 1. The van der Waals surface area contributed by atoms with Crippen molar-refractivity contribution in [3.8, 4) is 0 Å². The fourth-order valence-electron chi connectivity index (χ4n) is 3.16. The molecule has 0 spiro atoms. The number of nitrogens with zero attached hydrogens (tertiary/aromatic N) is 1. The van der Waals surface area contributed by atoms with Gasteiger partial charge in [0.1, 0.15) is 4.87 Å². The van der Waals surface area contributed by atoms with Crippen LogP contribution in [0.3, 0.4) is 0 Å². The fourth-order valence-corrected chi connectivity index (χ4v) is 4.69. The van der Waals surface area contributed by atoms with E-state index < -0.39 is 0 Å². The van der Waals surface area contributed by atoms with Gasteiger partial charge < -0.3 is 4.90 Å². The molecule has 1 amide bonds. The topological polar surface area (TPSA) is 20.3 Å². The number of fused-ring (bicyclic) bond motifs is 3. The van der Waals surface area contributed by atoms with Crippen molar-refractivity contribution in [1.29, 1.82) is 0 Å². The van der Waals surface area contributed by atoms with Gasteiger partial charge in [0, 0.05) is 23.4 Å². The van der Waals surface area contributed by atoms with Crippen molar-refractivity contribution in [2.45, 2.75) is 4.87 Å². The second kappa shape index (κ2) is 3.87. The average molecular weight is 267 g/mol. The predicted molar refractivity (Wildman–Crippen MR) is 77.2 cm³/mol. The molecule has 0 unspecified atom stereocenters. The van der Waals surface area contributed by atoms with Crippen molar-refractivity contribution in [2.24, 2.45) is 0 Å². The van der Waals surface area contributed by atoms with Gasteiger partial charge in [-0.15, -0.1) is 11.8 Å². The lowest BCUT2D eigenvalue weighted by Gasteiger charge is -2.32. The van der Waals surface area contributed by atoms with E-state index in [1.54, 1.807) is 0 Å². The first kappa shape index (κ1) is 11.1. The highest BCUT2D eigenvalue weighted by atomic mass is 32.2. The van der Waals surface area contributed by atoms with Gasteiger partial charge in [-0.2, -0.15) is 0 Å². The first-order valence-electron chi connectivity index (χ1n) is 6.45. The largest absolute Gasteiger partial charge is 0.315 e. The Balaban J connectivity index is 2.02. The van der Waals surface area contributed by atoms with E-state index >= 15 is 0 Å². The molecule has 2 aliphatic heterocycles. The smallest absolute Gasteiger partial charge is 0.255 e. The number of thioether (sulfide) groups is 1. The van der Waals surface area contributed by atoms with Crippen LogP contribution >= 0.6 is 11.8 Å². The molecule has 0 bridgehead atoms. The van der Waals surface area contributed by atoms with Crippen molar-refractivity contribution >= 4 is 17.7 Å². The monoisotopic (exact) mass is 267 g/mol. The van der Waals surface area contributed by atoms with Crippen LogP contribution in [0.1, 0.15) is 21.5 Å². The highest BCUT2D eigenvalue weighted by Crippen LogP contribution is 2.54. The zero-order valence-electron chi connectivity index (χ0n) is 10.4. The number of carbonyl (C=O) groups is 1. The molecule has 0 saturated carbocycles. The van der Waals surface area contributed by atoms with E-state index in [2.05, 4.69) is 18.2 Å². The van der Waals surface area contributed by atoms with Crippen LogP contribution in [-0.2, 0) is 4.87 Å². The van der Waals surface area contributed by atoms with Gasteiger partial charge in [-0.25, -0.2) is 0 Å². The summed E-state index contributed by atoms with van der Waals surface area (Å²) in [7, 11) is 0. The Morgan fingerprint density at radius 1 is 1.00 bits per heavy atom. The van der Waals surface area contributed by atoms with Gasteiger partial charge in [0.25, 0.3) is 5.91 Å². The molecule has 2 heterocycles. The maximum absolute atomic E-state index is 12.6. The number of hydrogen-bond donors (Lipinski definition) is 0. The first-order chi connectivity index (χ1) is 9.34. The zero-order valence-corrected chi connectivity index (χ0v) is 11.2. The highest BCUT2D eigenvalue weighted by molar-refractivity contribution is 8.00. The van der Waals surface area contributed by atoms with Crippen molar-refractivity contribution in [1.82, 2.24) is 4.90 Å². The Hall–Kier alpha value is -1.74. The summed E-state index contributed by atoms with van der Waals surface area (Å²) in [4.78, 5) is 14.3.